The smallest absolute Gasteiger partial charge is 0.203 e. The summed E-state index contributed by atoms with van der Waals surface area (Å²) in [6.45, 7) is 0. The van der Waals surface area contributed by atoms with Crippen LogP contribution in [0.2, 0.25) is 0 Å². The minimum atomic E-state index is 0.508. The molecule has 0 aliphatic rings. The average molecular weight is 356 g/mol. The van der Waals surface area contributed by atoms with E-state index in [1.807, 2.05) is 12.1 Å². The number of nitrogens with zero attached hydrogens (tertiary/aromatic N) is 3. The van der Waals surface area contributed by atoms with Crippen molar-refractivity contribution < 1.29 is 18.9 Å². The van der Waals surface area contributed by atoms with E-state index in [-0.39, 0.29) is 0 Å². The Hall–Kier alpha value is -3.42. The SMILES string of the molecule is COc1ccc(-c2cnnn2-c2cc(OC)c(OC)c(OC)c2)cc1N. The second kappa shape index (κ2) is 7.22. The molecular weight excluding hydrogens is 336 g/mol. The van der Waals surface area contributed by atoms with Crippen LogP contribution in [0.1, 0.15) is 0 Å². The Labute approximate surface area is 151 Å². The lowest BCUT2D eigenvalue weighted by molar-refractivity contribution is 0.324. The first kappa shape index (κ1) is 17.4. The Morgan fingerprint density at radius 2 is 1.50 bits per heavy atom. The highest BCUT2D eigenvalue weighted by atomic mass is 16.5. The lowest BCUT2D eigenvalue weighted by Gasteiger charge is -2.15. The van der Waals surface area contributed by atoms with Crippen LogP contribution in [0.4, 0.5) is 5.69 Å². The molecule has 0 saturated carbocycles. The summed E-state index contributed by atoms with van der Waals surface area (Å²) in [6.07, 6.45) is 1.66. The Morgan fingerprint density at radius 1 is 0.846 bits per heavy atom. The van der Waals surface area contributed by atoms with Crippen molar-refractivity contribution in [1.82, 2.24) is 15.0 Å². The summed E-state index contributed by atoms with van der Waals surface area (Å²) in [5, 5.41) is 8.21. The Balaban J connectivity index is 2.13. The molecule has 136 valence electrons. The fraction of sp³-hybridized carbons (Fsp3) is 0.222. The van der Waals surface area contributed by atoms with Crippen LogP contribution in [0.5, 0.6) is 23.0 Å². The van der Waals surface area contributed by atoms with Gasteiger partial charge in [0.05, 0.1) is 51.7 Å². The van der Waals surface area contributed by atoms with E-state index in [1.165, 1.54) is 0 Å². The Morgan fingerprint density at radius 3 is 2.04 bits per heavy atom. The molecule has 0 fully saturated rings. The molecule has 3 aromatic rings. The van der Waals surface area contributed by atoms with Crippen molar-refractivity contribution in [3.8, 4) is 39.9 Å². The molecule has 0 bridgehead atoms. The summed E-state index contributed by atoms with van der Waals surface area (Å²) in [5.41, 5.74) is 8.87. The lowest BCUT2D eigenvalue weighted by Crippen LogP contribution is -2.03. The van der Waals surface area contributed by atoms with E-state index in [4.69, 9.17) is 24.7 Å². The van der Waals surface area contributed by atoms with E-state index in [0.717, 1.165) is 11.3 Å². The second-order valence-corrected chi connectivity index (χ2v) is 5.37. The molecule has 8 nitrogen and oxygen atoms in total. The molecule has 26 heavy (non-hydrogen) atoms. The maximum atomic E-state index is 6.02. The number of anilines is 1. The van der Waals surface area contributed by atoms with Gasteiger partial charge in [-0.1, -0.05) is 5.21 Å². The molecule has 0 saturated heterocycles. The highest BCUT2D eigenvalue weighted by Crippen LogP contribution is 2.40. The van der Waals surface area contributed by atoms with E-state index in [0.29, 0.717) is 34.4 Å². The van der Waals surface area contributed by atoms with Gasteiger partial charge in [-0.25, -0.2) is 4.68 Å². The van der Waals surface area contributed by atoms with Crippen LogP contribution < -0.4 is 24.7 Å². The molecule has 3 rings (SSSR count). The van der Waals surface area contributed by atoms with Gasteiger partial charge >= 0.3 is 0 Å². The number of methoxy groups -OCH3 is 4. The van der Waals surface area contributed by atoms with Crippen molar-refractivity contribution in [2.75, 3.05) is 34.2 Å². The van der Waals surface area contributed by atoms with E-state index in [1.54, 1.807) is 57.5 Å². The van der Waals surface area contributed by atoms with Gasteiger partial charge in [-0.15, -0.1) is 5.10 Å². The monoisotopic (exact) mass is 356 g/mol. The number of hydrogen-bond acceptors (Lipinski definition) is 7. The molecule has 1 heterocycles. The van der Waals surface area contributed by atoms with Gasteiger partial charge in [0, 0.05) is 17.7 Å². The third-order valence-electron chi connectivity index (χ3n) is 3.97. The molecule has 0 atom stereocenters. The van der Waals surface area contributed by atoms with Crippen molar-refractivity contribution in [2.45, 2.75) is 0 Å². The molecule has 0 aliphatic heterocycles. The molecule has 2 N–H and O–H groups in total. The van der Waals surface area contributed by atoms with Gasteiger partial charge in [0.2, 0.25) is 5.75 Å². The highest BCUT2D eigenvalue weighted by molar-refractivity contribution is 5.70. The van der Waals surface area contributed by atoms with Crippen molar-refractivity contribution in [1.29, 1.82) is 0 Å². The van der Waals surface area contributed by atoms with Crippen molar-refractivity contribution in [3.63, 3.8) is 0 Å². The van der Waals surface area contributed by atoms with Crippen molar-refractivity contribution >= 4 is 5.69 Å². The molecule has 0 amide bonds. The van der Waals surface area contributed by atoms with Crippen LogP contribution >= 0.6 is 0 Å². The summed E-state index contributed by atoms with van der Waals surface area (Å²) in [7, 11) is 6.26. The zero-order valence-corrected chi connectivity index (χ0v) is 15.0. The fourth-order valence-electron chi connectivity index (χ4n) is 2.71. The quantitative estimate of drug-likeness (QED) is 0.678. The Kier molecular flexibility index (Phi) is 4.83. The zero-order valence-electron chi connectivity index (χ0n) is 15.0. The maximum Gasteiger partial charge on any atom is 0.203 e. The summed E-state index contributed by atoms with van der Waals surface area (Å²) >= 11 is 0. The number of ether oxygens (including phenoxy) is 4. The lowest BCUT2D eigenvalue weighted by atomic mass is 10.1. The number of aromatic nitrogens is 3. The van der Waals surface area contributed by atoms with Gasteiger partial charge in [-0.05, 0) is 18.2 Å². The summed E-state index contributed by atoms with van der Waals surface area (Å²) in [4.78, 5) is 0. The largest absolute Gasteiger partial charge is 0.495 e. The number of rotatable bonds is 6. The molecule has 8 heteroatoms. The molecule has 0 aliphatic carbocycles. The zero-order chi connectivity index (χ0) is 18.7. The first-order chi connectivity index (χ1) is 12.6. The third kappa shape index (κ3) is 2.97. The van der Waals surface area contributed by atoms with Gasteiger partial charge in [0.25, 0.3) is 0 Å². The average Bonchev–Trinajstić information content (AvgIpc) is 3.16. The van der Waals surface area contributed by atoms with Crippen molar-refractivity contribution in [2.24, 2.45) is 0 Å². The molecule has 0 radical (unpaired) electrons. The Bertz CT molecular complexity index is 898. The molecular formula is C18H20N4O4. The molecule has 0 unspecified atom stereocenters. The van der Waals surface area contributed by atoms with Crippen LogP contribution in [0.15, 0.2) is 36.5 Å². The number of nitrogen functional groups attached to an aromatic ring is 1. The van der Waals surface area contributed by atoms with Crippen LogP contribution in [-0.2, 0) is 0 Å². The van der Waals surface area contributed by atoms with Crippen LogP contribution in [0, 0.1) is 0 Å². The summed E-state index contributed by atoms with van der Waals surface area (Å²) in [5.74, 6) is 2.17. The van der Waals surface area contributed by atoms with Gasteiger partial charge in [-0.3, -0.25) is 0 Å². The summed E-state index contributed by atoms with van der Waals surface area (Å²) in [6, 6.07) is 9.10. The van der Waals surface area contributed by atoms with E-state index >= 15 is 0 Å². The first-order valence-corrected chi connectivity index (χ1v) is 7.77. The third-order valence-corrected chi connectivity index (χ3v) is 3.97. The predicted molar refractivity (Wildman–Crippen MR) is 97.4 cm³/mol. The van der Waals surface area contributed by atoms with E-state index < -0.39 is 0 Å². The number of hydrogen-bond donors (Lipinski definition) is 1. The van der Waals surface area contributed by atoms with E-state index in [9.17, 15) is 0 Å². The van der Waals surface area contributed by atoms with Crippen molar-refractivity contribution in [3.05, 3.63) is 36.5 Å². The summed E-state index contributed by atoms with van der Waals surface area (Å²) < 4.78 is 23.1. The normalized spacial score (nSPS) is 10.5. The first-order valence-electron chi connectivity index (χ1n) is 7.77. The molecule has 1 aromatic heterocycles. The predicted octanol–water partition coefficient (Wildman–Crippen LogP) is 2.55. The standard InChI is InChI=1S/C18H20N4O4/c1-23-15-6-5-11(7-13(15)19)14-10-20-21-22(14)12-8-16(24-2)18(26-4)17(9-12)25-3/h5-10H,19H2,1-4H3. The minimum absolute atomic E-state index is 0.508. The van der Waals surface area contributed by atoms with Gasteiger partial charge in [0.1, 0.15) is 5.75 Å². The molecule has 2 aromatic carbocycles. The van der Waals surface area contributed by atoms with Gasteiger partial charge < -0.3 is 24.7 Å². The fourth-order valence-corrected chi connectivity index (χ4v) is 2.71. The minimum Gasteiger partial charge on any atom is -0.495 e. The van der Waals surface area contributed by atoms with E-state index in [2.05, 4.69) is 10.3 Å². The number of benzene rings is 2. The molecule has 0 spiro atoms. The van der Waals surface area contributed by atoms with Crippen LogP contribution in [0.3, 0.4) is 0 Å². The van der Waals surface area contributed by atoms with Gasteiger partial charge in [0.15, 0.2) is 11.5 Å². The number of nitrogens with two attached hydrogens (primary N) is 1. The highest BCUT2D eigenvalue weighted by Gasteiger charge is 2.17. The van der Waals surface area contributed by atoms with Crippen LogP contribution in [-0.4, -0.2) is 43.4 Å². The maximum absolute atomic E-state index is 6.02. The topological polar surface area (TPSA) is 93.7 Å². The second-order valence-electron chi connectivity index (χ2n) is 5.37. The van der Waals surface area contributed by atoms with Gasteiger partial charge in [-0.2, -0.15) is 0 Å². The van der Waals surface area contributed by atoms with Crippen LogP contribution in [0.25, 0.3) is 16.9 Å².